The summed E-state index contributed by atoms with van der Waals surface area (Å²) in [6.07, 6.45) is 7.17. The van der Waals surface area contributed by atoms with Gasteiger partial charge in [-0.2, -0.15) is 0 Å². The first kappa shape index (κ1) is 27.7. The van der Waals surface area contributed by atoms with Gasteiger partial charge >= 0.3 is 0 Å². The van der Waals surface area contributed by atoms with E-state index >= 15 is 0 Å². The van der Waals surface area contributed by atoms with E-state index in [0.29, 0.717) is 5.69 Å². The van der Waals surface area contributed by atoms with Crippen LogP contribution >= 0.6 is 0 Å². The van der Waals surface area contributed by atoms with Gasteiger partial charge in [0, 0.05) is 12.6 Å². The predicted molar refractivity (Wildman–Crippen MR) is 144 cm³/mol. The van der Waals surface area contributed by atoms with Crippen LogP contribution in [0.5, 0.6) is 0 Å². The van der Waals surface area contributed by atoms with Crippen molar-refractivity contribution in [3.8, 4) is 0 Å². The lowest BCUT2D eigenvalue weighted by molar-refractivity contribution is -0.139. The summed E-state index contributed by atoms with van der Waals surface area (Å²) in [7, 11) is -3.73. The number of hydrogen-bond donors (Lipinski definition) is 1. The fourth-order valence-electron chi connectivity index (χ4n) is 4.63. The fraction of sp³-hybridized carbons (Fsp3) is 0.500. The van der Waals surface area contributed by atoms with Crippen molar-refractivity contribution in [1.29, 1.82) is 0 Å². The topological polar surface area (TPSA) is 86.8 Å². The molecular weight excluding hydrogens is 474 g/mol. The molecule has 0 unspecified atom stereocenters. The SMILES string of the molecule is CCc1ccc(N(CC(=O)N(Cc2ccccc2C)[C@@H](C)C(=O)NC2CCCCC2)S(C)(=O)=O)cc1. The van der Waals surface area contributed by atoms with Crippen molar-refractivity contribution < 1.29 is 18.0 Å². The van der Waals surface area contributed by atoms with Gasteiger partial charge in [0.1, 0.15) is 12.6 Å². The molecule has 1 fully saturated rings. The average Bonchev–Trinajstić information content (AvgIpc) is 2.86. The number of sulfonamides is 1. The van der Waals surface area contributed by atoms with E-state index in [-0.39, 0.29) is 25.0 Å². The highest BCUT2D eigenvalue weighted by atomic mass is 32.2. The third kappa shape index (κ3) is 7.32. The number of hydrogen-bond acceptors (Lipinski definition) is 4. The molecule has 0 radical (unpaired) electrons. The average molecular weight is 514 g/mol. The Morgan fingerprint density at radius 3 is 2.25 bits per heavy atom. The van der Waals surface area contributed by atoms with E-state index in [4.69, 9.17) is 0 Å². The van der Waals surface area contributed by atoms with Crippen molar-refractivity contribution in [2.24, 2.45) is 0 Å². The lowest BCUT2D eigenvalue weighted by Crippen LogP contribution is -2.53. The van der Waals surface area contributed by atoms with Gasteiger partial charge in [0.05, 0.1) is 11.9 Å². The van der Waals surface area contributed by atoms with E-state index in [1.807, 2.05) is 50.2 Å². The zero-order valence-electron chi connectivity index (χ0n) is 21.9. The Hall–Kier alpha value is -2.87. The third-order valence-corrected chi connectivity index (χ3v) is 8.17. The molecule has 36 heavy (non-hydrogen) atoms. The number of carbonyl (C=O) groups is 2. The number of nitrogens with one attached hydrogen (secondary N) is 1. The standard InChI is InChI=1S/C28H39N3O4S/c1-5-23-15-17-26(18-16-23)31(36(4,34)35)20-27(32)30(19-24-12-10-9-11-21(24)2)22(3)28(33)29-25-13-7-6-8-14-25/h9-12,15-18,22,25H,5-8,13-14,19-20H2,1-4H3,(H,29,33)/t22-/m0/s1. The molecule has 0 aromatic heterocycles. The summed E-state index contributed by atoms with van der Waals surface area (Å²) in [5, 5.41) is 3.12. The first-order valence-corrected chi connectivity index (χ1v) is 14.7. The van der Waals surface area contributed by atoms with Crippen LogP contribution in [0.2, 0.25) is 0 Å². The van der Waals surface area contributed by atoms with Gasteiger partial charge in [-0.05, 0) is 61.9 Å². The molecular formula is C28H39N3O4S. The van der Waals surface area contributed by atoms with Crippen LogP contribution in [0.3, 0.4) is 0 Å². The Morgan fingerprint density at radius 2 is 1.67 bits per heavy atom. The van der Waals surface area contributed by atoms with Gasteiger partial charge in [0.25, 0.3) is 0 Å². The van der Waals surface area contributed by atoms with Crippen LogP contribution in [0.1, 0.15) is 62.6 Å². The highest BCUT2D eigenvalue weighted by molar-refractivity contribution is 7.92. The molecule has 1 atom stereocenters. The van der Waals surface area contributed by atoms with Crippen LogP contribution in [-0.4, -0.2) is 50.0 Å². The molecule has 2 aromatic rings. The predicted octanol–water partition coefficient (Wildman–Crippen LogP) is 4.19. The minimum atomic E-state index is -3.73. The largest absolute Gasteiger partial charge is 0.352 e. The van der Waals surface area contributed by atoms with Crippen molar-refractivity contribution in [3.05, 3.63) is 65.2 Å². The Balaban J connectivity index is 1.87. The van der Waals surface area contributed by atoms with Gasteiger partial charge in [-0.1, -0.05) is 62.6 Å². The molecule has 8 heteroatoms. The number of rotatable bonds is 10. The van der Waals surface area contributed by atoms with E-state index in [2.05, 4.69) is 5.32 Å². The van der Waals surface area contributed by atoms with Crippen LogP contribution in [0, 0.1) is 6.92 Å². The van der Waals surface area contributed by atoms with E-state index < -0.39 is 22.0 Å². The van der Waals surface area contributed by atoms with Gasteiger partial charge in [0.2, 0.25) is 21.8 Å². The highest BCUT2D eigenvalue weighted by Crippen LogP contribution is 2.22. The Morgan fingerprint density at radius 1 is 1.03 bits per heavy atom. The number of benzene rings is 2. The summed E-state index contributed by atoms with van der Waals surface area (Å²) in [4.78, 5) is 28.4. The van der Waals surface area contributed by atoms with Gasteiger partial charge in [0.15, 0.2) is 0 Å². The normalized spacial score (nSPS) is 15.2. The molecule has 2 aromatic carbocycles. The van der Waals surface area contributed by atoms with Crippen LogP contribution < -0.4 is 9.62 Å². The summed E-state index contributed by atoms with van der Waals surface area (Å²) in [6.45, 7) is 5.54. The second-order valence-corrected chi connectivity index (χ2v) is 11.7. The first-order valence-electron chi connectivity index (χ1n) is 12.8. The molecule has 1 N–H and O–H groups in total. The van der Waals surface area contributed by atoms with Crippen molar-refractivity contribution >= 4 is 27.5 Å². The van der Waals surface area contributed by atoms with Crippen LogP contribution in [0.15, 0.2) is 48.5 Å². The number of amides is 2. The second kappa shape index (κ2) is 12.4. The second-order valence-electron chi connectivity index (χ2n) is 9.76. The molecule has 7 nitrogen and oxygen atoms in total. The fourth-order valence-corrected chi connectivity index (χ4v) is 5.48. The minimum absolute atomic E-state index is 0.119. The smallest absolute Gasteiger partial charge is 0.244 e. The van der Waals surface area contributed by atoms with Crippen LogP contribution in [0.4, 0.5) is 5.69 Å². The Labute approximate surface area is 215 Å². The minimum Gasteiger partial charge on any atom is -0.352 e. The summed E-state index contributed by atoms with van der Waals surface area (Å²) >= 11 is 0. The third-order valence-electron chi connectivity index (χ3n) is 7.03. The molecule has 0 heterocycles. The van der Waals surface area contributed by atoms with E-state index in [9.17, 15) is 18.0 Å². The summed E-state index contributed by atoms with van der Waals surface area (Å²) in [6, 6.07) is 14.3. The van der Waals surface area contributed by atoms with Gasteiger partial charge in [-0.15, -0.1) is 0 Å². The molecule has 0 aliphatic heterocycles. The highest BCUT2D eigenvalue weighted by Gasteiger charge is 2.31. The quantitative estimate of drug-likeness (QED) is 0.516. The van der Waals surface area contributed by atoms with E-state index in [1.165, 1.54) is 11.3 Å². The van der Waals surface area contributed by atoms with Crippen LogP contribution in [-0.2, 0) is 32.6 Å². The maximum absolute atomic E-state index is 13.7. The van der Waals surface area contributed by atoms with Gasteiger partial charge in [-0.25, -0.2) is 8.42 Å². The zero-order chi connectivity index (χ0) is 26.3. The maximum Gasteiger partial charge on any atom is 0.244 e. The molecule has 1 aliphatic rings. The zero-order valence-corrected chi connectivity index (χ0v) is 22.7. The lowest BCUT2D eigenvalue weighted by Gasteiger charge is -2.33. The van der Waals surface area contributed by atoms with Crippen molar-refractivity contribution in [2.75, 3.05) is 17.1 Å². The molecule has 3 rings (SSSR count). The number of anilines is 1. The maximum atomic E-state index is 13.7. The molecule has 1 aliphatic carbocycles. The molecule has 0 saturated heterocycles. The molecule has 2 amide bonds. The van der Waals surface area contributed by atoms with Gasteiger partial charge in [-0.3, -0.25) is 13.9 Å². The monoisotopic (exact) mass is 513 g/mol. The number of carbonyl (C=O) groups excluding carboxylic acids is 2. The van der Waals surface area contributed by atoms with E-state index in [1.54, 1.807) is 19.1 Å². The van der Waals surface area contributed by atoms with Crippen molar-refractivity contribution in [3.63, 3.8) is 0 Å². The number of aryl methyl sites for hydroxylation is 2. The molecule has 196 valence electrons. The lowest BCUT2D eigenvalue weighted by atomic mass is 9.95. The molecule has 0 bridgehead atoms. The Kier molecular flexibility index (Phi) is 9.54. The number of nitrogens with zero attached hydrogens (tertiary/aromatic N) is 2. The summed E-state index contributed by atoms with van der Waals surface area (Å²) in [5.74, 6) is -0.628. The van der Waals surface area contributed by atoms with Crippen molar-refractivity contribution in [2.45, 2.75) is 77.9 Å². The Bertz CT molecular complexity index is 1140. The van der Waals surface area contributed by atoms with Gasteiger partial charge < -0.3 is 10.2 Å². The van der Waals surface area contributed by atoms with Crippen molar-refractivity contribution in [1.82, 2.24) is 10.2 Å². The molecule has 0 spiro atoms. The van der Waals surface area contributed by atoms with E-state index in [0.717, 1.165) is 59.4 Å². The summed E-state index contributed by atoms with van der Waals surface area (Å²) < 4.78 is 26.5. The molecule has 1 saturated carbocycles. The summed E-state index contributed by atoms with van der Waals surface area (Å²) in [5.41, 5.74) is 3.43. The van der Waals surface area contributed by atoms with Crippen LogP contribution in [0.25, 0.3) is 0 Å². The first-order chi connectivity index (χ1) is 17.1.